The van der Waals surface area contributed by atoms with Gasteiger partial charge in [-0.05, 0) is 48.0 Å². The highest BCUT2D eigenvalue weighted by molar-refractivity contribution is 7.98. The van der Waals surface area contributed by atoms with Gasteiger partial charge < -0.3 is 15.1 Å². The van der Waals surface area contributed by atoms with Gasteiger partial charge in [-0.3, -0.25) is 4.79 Å². The number of rotatable bonds is 7. The Morgan fingerprint density at radius 3 is 2.32 bits per heavy atom. The van der Waals surface area contributed by atoms with Crippen molar-refractivity contribution in [1.29, 1.82) is 0 Å². The maximum atomic E-state index is 13.8. The Labute approximate surface area is 243 Å². The van der Waals surface area contributed by atoms with Gasteiger partial charge in [0.2, 0.25) is 0 Å². The maximum absolute atomic E-state index is 13.8. The van der Waals surface area contributed by atoms with Crippen molar-refractivity contribution in [1.82, 2.24) is 9.97 Å². The first-order valence-electron chi connectivity index (χ1n) is 12.6. The Morgan fingerprint density at radius 2 is 1.61 bits per heavy atom. The van der Waals surface area contributed by atoms with E-state index in [4.69, 9.17) is 11.6 Å². The molecule has 2 heterocycles. The zero-order chi connectivity index (χ0) is 29.0. The van der Waals surface area contributed by atoms with Crippen molar-refractivity contribution in [2.24, 2.45) is 0 Å². The van der Waals surface area contributed by atoms with Crippen LogP contribution in [0.4, 0.5) is 34.8 Å². The summed E-state index contributed by atoms with van der Waals surface area (Å²) in [4.78, 5) is 25.4. The van der Waals surface area contributed by atoms with Crippen LogP contribution in [0.1, 0.15) is 21.5 Å². The predicted octanol–water partition coefficient (Wildman–Crippen LogP) is 7.16. The molecule has 0 aliphatic carbocycles. The second kappa shape index (κ2) is 12.4. The molecule has 0 atom stereocenters. The van der Waals surface area contributed by atoms with Gasteiger partial charge in [-0.15, -0.1) is 0 Å². The smallest absolute Gasteiger partial charge is 0.368 e. The summed E-state index contributed by atoms with van der Waals surface area (Å²) in [6.45, 7) is 2.18. The molecule has 1 aromatic heterocycles. The predicted molar refractivity (Wildman–Crippen MR) is 153 cm³/mol. The fraction of sp³-hybridized carbons (Fsp3) is 0.207. The molecule has 0 radical (unpaired) electrons. The fourth-order valence-electron chi connectivity index (χ4n) is 4.34. The second-order valence-electron chi connectivity index (χ2n) is 9.27. The lowest BCUT2D eigenvalue weighted by atomic mass is 10.1. The van der Waals surface area contributed by atoms with Gasteiger partial charge in [-0.2, -0.15) is 13.2 Å². The van der Waals surface area contributed by atoms with Crippen LogP contribution in [0.5, 0.6) is 0 Å². The standard InChI is InChI=1S/C29H24ClF4N5OS/c30-25-17-26(39-14-12-38(13-15-39)22-5-3-4-21(16-22)29(32,33)34)37-28(36-25)41-18-19-8-10-20(11-9-19)27(40)35-24-7-2-1-6-23(24)31/h1-11,16-17H,12-15,18H2,(H,35,40). The number of thioether (sulfide) groups is 1. The average Bonchev–Trinajstić information content (AvgIpc) is 2.97. The van der Waals surface area contributed by atoms with E-state index in [-0.39, 0.29) is 10.8 Å². The number of nitrogens with zero attached hydrogens (tertiary/aromatic N) is 4. The highest BCUT2D eigenvalue weighted by atomic mass is 35.5. The second-order valence-corrected chi connectivity index (χ2v) is 10.6. The molecule has 1 amide bonds. The van der Waals surface area contributed by atoms with E-state index in [2.05, 4.69) is 15.3 Å². The number of anilines is 3. The molecule has 1 aliphatic rings. The van der Waals surface area contributed by atoms with Crippen molar-refractivity contribution in [3.8, 4) is 0 Å². The van der Waals surface area contributed by atoms with Crippen molar-refractivity contribution < 1.29 is 22.4 Å². The van der Waals surface area contributed by atoms with Crippen molar-refractivity contribution in [2.75, 3.05) is 41.3 Å². The zero-order valence-corrected chi connectivity index (χ0v) is 23.1. The summed E-state index contributed by atoms with van der Waals surface area (Å²) in [6, 6.07) is 19.9. The molecule has 1 N–H and O–H groups in total. The third-order valence-corrected chi connectivity index (χ3v) is 7.62. The van der Waals surface area contributed by atoms with Crippen LogP contribution in [0.25, 0.3) is 0 Å². The van der Waals surface area contributed by atoms with Gasteiger partial charge in [-0.1, -0.05) is 53.7 Å². The monoisotopic (exact) mass is 601 g/mol. The SMILES string of the molecule is O=C(Nc1ccccc1F)c1ccc(CSc2nc(Cl)cc(N3CCN(c4cccc(C(F)(F)F)c4)CC3)n2)cc1. The van der Waals surface area contributed by atoms with Gasteiger partial charge in [0, 0.05) is 49.2 Å². The van der Waals surface area contributed by atoms with E-state index in [0.29, 0.717) is 54.2 Å². The minimum absolute atomic E-state index is 0.114. The molecule has 0 unspecified atom stereocenters. The van der Waals surface area contributed by atoms with Gasteiger partial charge in [-0.25, -0.2) is 14.4 Å². The molecule has 3 aromatic carbocycles. The van der Waals surface area contributed by atoms with Crippen LogP contribution in [-0.4, -0.2) is 42.1 Å². The third-order valence-electron chi connectivity index (χ3n) is 6.51. The molecule has 4 aromatic rings. The van der Waals surface area contributed by atoms with Gasteiger partial charge in [0.1, 0.15) is 16.8 Å². The van der Waals surface area contributed by atoms with E-state index in [9.17, 15) is 22.4 Å². The lowest BCUT2D eigenvalue weighted by Crippen LogP contribution is -2.47. The summed E-state index contributed by atoms with van der Waals surface area (Å²) in [5.74, 6) is 0.257. The van der Waals surface area contributed by atoms with E-state index < -0.39 is 23.5 Å². The molecule has 1 saturated heterocycles. The number of para-hydroxylation sites is 1. The van der Waals surface area contributed by atoms with Crippen molar-refractivity contribution in [3.05, 3.63) is 107 Å². The Morgan fingerprint density at radius 1 is 0.902 bits per heavy atom. The number of piperazine rings is 1. The van der Waals surface area contributed by atoms with Crippen LogP contribution in [-0.2, 0) is 11.9 Å². The first-order chi connectivity index (χ1) is 19.7. The lowest BCUT2D eigenvalue weighted by Gasteiger charge is -2.37. The molecule has 6 nitrogen and oxygen atoms in total. The number of halogens is 5. The van der Waals surface area contributed by atoms with E-state index in [1.165, 1.54) is 36.0 Å². The topological polar surface area (TPSA) is 61.4 Å². The number of benzene rings is 3. The van der Waals surface area contributed by atoms with Crippen molar-refractivity contribution >= 4 is 46.5 Å². The summed E-state index contributed by atoms with van der Waals surface area (Å²) < 4.78 is 53.2. The molecular formula is C29H24ClF4N5OS. The molecule has 1 aliphatic heterocycles. The van der Waals surface area contributed by atoms with Crippen LogP contribution < -0.4 is 15.1 Å². The molecule has 0 bridgehead atoms. The minimum Gasteiger partial charge on any atom is -0.368 e. The van der Waals surface area contributed by atoms with Crippen LogP contribution in [0.2, 0.25) is 5.15 Å². The molecule has 0 saturated carbocycles. The normalized spacial score (nSPS) is 13.8. The Balaban J connectivity index is 1.18. The minimum atomic E-state index is -4.39. The van der Waals surface area contributed by atoms with E-state index in [0.717, 1.165) is 11.6 Å². The summed E-state index contributed by atoms with van der Waals surface area (Å²) in [5.41, 5.74) is 1.31. The molecule has 1 fully saturated rings. The molecular weight excluding hydrogens is 578 g/mol. The van der Waals surface area contributed by atoms with E-state index in [1.807, 2.05) is 21.9 Å². The summed E-state index contributed by atoms with van der Waals surface area (Å²) in [5, 5.41) is 3.33. The van der Waals surface area contributed by atoms with Crippen LogP contribution in [0.15, 0.2) is 84.0 Å². The largest absolute Gasteiger partial charge is 0.416 e. The molecule has 5 rings (SSSR count). The number of hydrogen-bond donors (Lipinski definition) is 1. The van der Waals surface area contributed by atoms with Gasteiger partial charge in [0.25, 0.3) is 5.91 Å². The highest BCUT2D eigenvalue weighted by Crippen LogP contribution is 2.32. The average molecular weight is 602 g/mol. The maximum Gasteiger partial charge on any atom is 0.416 e. The Kier molecular flexibility index (Phi) is 8.65. The quantitative estimate of drug-likeness (QED) is 0.105. The van der Waals surface area contributed by atoms with Crippen LogP contribution in [0.3, 0.4) is 0 Å². The number of aromatic nitrogens is 2. The number of amides is 1. The highest BCUT2D eigenvalue weighted by Gasteiger charge is 2.31. The molecule has 12 heteroatoms. The van der Waals surface area contributed by atoms with Gasteiger partial charge >= 0.3 is 6.18 Å². The Bertz CT molecular complexity index is 1530. The van der Waals surface area contributed by atoms with Crippen LogP contribution in [0, 0.1) is 5.82 Å². The van der Waals surface area contributed by atoms with E-state index >= 15 is 0 Å². The van der Waals surface area contributed by atoms with E-state index in [1.54, 1.807) is 36.4 Å². The molecule has 212 valence electrons. The number of alkyl halides is 3. The summed E-state index contributed by atoms with van der Waals surface area (Å²) in [6.07, 6.45) is -4.39. The first kappa shape index (κ1) is 28.7. The lowest BCUT2D eigenvalue weighted by molar-refractivity contribution is -0.137. The molecule has 0 spiro atoms. The summed E-state index contributed by atoms with van der Waals surface area (Å²) >= 11 is 7.68. The summed E-state index contributed by atoms with van der Waals surface area (Å²) in [7, 11) is 0. The first-order valence-corrected chi connectivity index (χ1v) is 14.0. The van der Waals surface area contributed by atoms with Crippen LogP contribution >= 0.6 is 23.4 Å². The molecule has 41 heavy (non-hydrogen) atoms. The third kappa shape index (κ3) is 7.28. The number of carbonyl (C=O) groups is 1. The van der Waals surface area contributed by atoms with Gasteiger partial charge in [0.05, 0.1) is 11.3 Å². The van der Waals surface area contributed by atoms with Crippen molar-refractivity contribution in [3.63, 3.8) is 0 Å². The van der Waals surface area contributed by atoms with Crippen molar-refractivity contribution in [2.45, 2.75) is 17.1 Å². The number of hydrogen-bond acceptors (Lipinski definition) is 6. The fourth-order valence-corrected chi connectivity index (χ4v) is 5.38. The number of carbonyl (C=O) groups excluding carboxylic acids is 1. The number of nitrogens with one attached hydrogen (secondary N) is 1. The van der Waals surface area contributed by atoms with Gasteiger partial charge in [0.15, 0.2) is 5.16 Å². The Hall–Kier alpha value is -3.83. The zero-order valence-electron chi connectivity index (χ0n) is 21.5.